The highest BCUT2D eigenvalue weighted by molar-refractivity contribution is 9.10. The second-order valence-corrected chi connectivity index (χ2v) is 6.10. The van der Waals surface area contributed by atoms with Crippen LogP contribution in [0.1, 0.15) is 28.6 Å². The summed E-state index contributed by atoms with van der Waals surface area (Å²) in [6.45, 7) is 0. The van der Waals surface area contributed by atoms with Gasteiger partial charge in [0.25, 0.3) is 0 Å². The van der Waals surface area contributed by atoms with E-state index in [0.29, 0.717) is 12.2 Å². The third-order valence-electron chi connectivity index (χ3n) is 3.81. The Kier molecular flexibility index (Phi) is 2.86. The minimum Gasteiger partial charge on any atom is -0.451 e. The maximum atomic E-state index is 12.4. The van der Waals surface area contributed by atoms with Crippen LogP contribution in [0.2, 0.25) is 0 Å². The van der Waals surface area contributed by atoms with Crippen LogP contribution in [0.3, 0.4) is 0 Å². The molecule has 0 amide bonds. The van der Waals surface area contributed by atoms with Crippen molar-refractivity contribution in [2.24, 2.45) is 0 Å². The van der Waals surface area contributed by atoms with Crippen LogP contribution in [0.4, 0.5) is 5.69 Å². The molecule has 0 saturated heterocycles. The van der Waals surface area contributed by atoms with Gasteiger partial charge < -0.3 is 9.73 Å². The predicted molar refractivity (Wildman–Crippen MR) is 85.7 cm³/mol. The molecule has 4 heteroatoms. The van der Waals surface area contributed by atoms with E-state index in [1.165, 1.54) is 0 Å². The number of ketones is 1. The average molecular weight is 342 g/mol. The van der Waals surface area contributed by atoms with Crippen LogP contribution < -0.4 is 5.32 Å². The number of furan rings is 1. The van der Waals surface area contributed by atoms with Gasteiger partial charge in [-0.25, -0.2) is 0 Å². The van der Waals surface area contributed by atoms with Gasteiger partial charge in [0.05, 0.1) is 11.7 Å². The zero-order valence-corrected chi connectivity index (χ0v) is 12.7. The van der Waals surface area contributed by atoms with Crippen LogP contribution >= 0.6 is 15.9 Å². The zero-order valence-electron chi connectivity index (χ0n) is 11.1. The van der Waals surface area contributed by atoms with Crippen molar-refractivity contribution in [2.45, 2.75) is 12.5 Å². The first kappa shape index (κ1) is 12.7. The Balaban J connectivity index is 1.85. The fraction of sp³-hybridized carbons (Fsp3) is 0.118. The highest BCUT2D eigenvalue weighted by atomic mass is 79.9. The third kappa shape index (κ3) is 2.07. The molecule has 2 heterocycles. The fourth-order valence-electron chi connectivity index (χ4n) is 2.80. The molecule has 3 nitrogen and oxygen atoms in total. The Morgan fingerprint density at radius 3 is 2.76 bits per heavy atom. The topological polar surface area (TPSA) is 42.2 Å². The minimum absolute atomic E-state index is 0.00835. The molecule has 1 atom stereocenters. The van der Waals surface area contributed by atoms with Crippen molar-refractivity contribution in [3.05, 3.63) is 64.3 Å². The van der Waals surface area contributed by atoms with E-state index in [4.69, 9.17) is 4.42 Å². The van der Waals surface area contributed by atoms with Gasteiger partial charge in [0, 0.05) is 16.3 Å². The van der Waals surface area contributed by atoms with Crippen LogP contribution in [0.25, 0.3) is 11.0 Å². The largest absolute Gasteiger partial charge is 0.451 e. The summed E-state index contributed by atoms with van der Waals surface area (Å²) in [5, 5.41) is 4.40. The number of hydrogen-bond acceptors (Lipinski definition) is 3. The molecule has 0 aliphatic carbocycles. The van der Waals surface area contributed by atoms with E-state index < -0.39 is 0 Å². The molecule has 104 valence electrons. The summed E-state index contributed by atoms with van der Waals surface area (Å²) in [5.74, 6) is 0.486. The molecule has 0 fully saturated rings. The van der Waals surface area contributed by atoms with Crippen LogP contribution in [0.15, 0.2) is 57.4 Å². The Hall–Kier alpha value is -2.07. The molecule has 0 saturated carbocycles. The van der Waals surface area contributed by atoms with Crippen LogP contribution in [0.5, 0.6) is 0 Å². The highest BCUT2D eigenvalue weighted by Crippen LogP contribution is 2.40. The molecule has 0 bridgehead atoms. The van der Waals surface area contributed by atoms with Gasteiger partial charge in [0.1, 0.15) is 5.58 Å². The van der Waals surface area contributed by atoms with E-state index in [0.717, 1.165) is 26.7 Å². The lowest BCUT2D eigenvalue weighted by Crippen LogP contribution is -2.21. The van der Waals surface area contributed by atoms with Crippen molar-refractivity contribution in [1.29, 1.82) is 0 Å². The summed E-state index contributed by atoms with van der Waals surface area (Å²) in [6.07, 6.45) is 0.415. The van der Waals surface area contributed by atoms with Gasteiger partial charge in [-0.3, -0.25) is 4.79 Å². The number of benzene rings is 2. The zero-order chi connectivity index (χ0) is 14.4. The maximum Gasteiger partial charge on any atom is 0.202 e. The van der Waals surface area contributed by atoms with Gasteiger partial charge >= 0.3 is 0 Å². The number of hydrogen-bond donors (Lipinski definition) is 1. The number of rotatable bonds is 1. The molecule has 1 unspecified atom stereocenters. The molecular weight excluding hydrogens is 330 g/mol. The minimum atomic E-state index is -0.00835. The molecule has 1 N–H and O–H groups in total. The smallest absolute Gasteiger partial charge is 0.202 e. The van der Waals surface area contributed by atoms with Gasteiger partial charge in [-0.2, -0.15) is 0 Å². The van der Waals surface area contributed by atoms with Crippen LogP contribution in [-0.4, -0.2) is 5.78 Å². The van der Waals surface area contributed by atoms with E-state index >= 15 is 0 Å². The number of nitrogens with one attached hydrogen (secondary N) is 1. The monoisotopic (exact) mass is 341 g/mol. The summed E-state index contributed by atoms with van der Waals surface area (Å²) in [6, 6.07) is 15.8. The predicted octanol–water partition coefficient (Wildman–Crippen LogP) is 4.93. The van der Waals surface area contributed by atoms with E-state index in [1.54, 1.807) is 0 Å². The summed E-state index contributed by atoms with van der Waals surface area (Å²) in [4.78, 5) is 12.4. The average Bonchev–Trinajstić information content (AvgIpc) is 2.87. The van der Waals surface area contributed by atoms with Crippen LogP contribution in [0, 0.1) is 0 Å². The fourth-order valence-corrected chi connectivity index (χ4v) is 3.16. The molecular formula is C17H12BrNO2. The molecule has 0 spiro atoms. The van der Waals surface area contributed by atoms with Crippen molar-refractivity contribution in [3.63, 3.8) is 0 Å². The summed E-state index contributed by atoms with van der Waals surface area (Å²) in [7, 11) is 0. The molecule has 1 aliphatic rings. The van der Waals surface area contributed by atoms with E-state index in [1.807, 2.05) is 48.5 Å². The molecule has 4 rings (SSSR count). The van der Waals surface area contributed by atoms with Gasteiger partial charge in [0.2, 0.25) is 5.78 Å². The SMILES string of the molecule is O=C1CC(c2ccccc2)Nc2c1oc1ccc(Br)cc21. The van der Waals surface area contributed by atoms with Gasteiger partial charge in [0.15, 0.2) is 5.76 Å². The number of carbonyl (C=O) groups excluding carboxylic acids is 1. The van der Waals surface area contributed by atoms with E-state index in [-0.39, 0.29) is 11.8 Å². The standard InChI is InChI=1S/C17H12BrNO2/c18-11-6-7-15-12(8-11)16-17(21-15)14(20)9-13(19-16)10-4-2-1-3-5-10/h1-8,13,19H,9H2. The Morgan fingerprint density at radius 1 is 1.14 bits per heavy atom. The van der Waals surface area contributed by atoms with Crippen LogP contribution in [-0.2, 0) is 0 Å². The van der Waals surface area contributed by atoms with Gasteiger partial charge in [-0.1, -0.05) is 46.3 Å². The van der Waals surface area contributed by atoms with E-state index in [2.05, 4.69) is 21.2 Å². The van der Waals surface area contributed by atoms with Gasteiger partial charge in [-0.15, -0.1) is 0 Å². The Bertz CT molecular complexity index is 839. The highest BCUT2D eigenvalue weighted by Gasteiger charge is 2.30. The molecule has 1 aromatic heterocycles. The van der Waals surface area contributed by atoms with Gasteiger partial charge in [-0.05, 0) is 23.8 Å². The maximum absolute atomic E-state index is 12.4. The van der Waals surface area contributed by atoms with Crippen molar-refractivity contribution in [1.82, 2.24) is 0 Å². The molecule has 0 radical (unpaired) electrons. The first-order chi connectivity index (χ1) is 10.2. The first-order valence-electron chi connectivity index (χ1n) is 6.79. The molecule has 1 aliphatic heterocycles. The summed E-state index contributed by atoms with van der Waals surface area (Å²) >= 11 is 3.47. The molecule has 3 aromatic rings. The van der Waals surface area contributed by atoms with Crippen molar-refractivity contribution >= 4 is 38.4 Å². The summed E-state index contributed by atoms with van der Waals surface area (Å²) in [5.41, 5.74) is 2.65. The number of carbonyl (C=O) groups is 1. The van der Waals surface area contributed by atoms with Crippen molar-refractivity contribution in [3.8, 4) is 0 Å². The van der Waals surface area contributed by atoms with E-state index in [9.17, 15) is 4.79 Å². The second kappa shape index (κ2) is 4.74. The lowest BCUT2D eigenvalue weighted by molar-refractivity contribution is 0.0946. The Labute approximate surface area is 130 Å². The number of halogens is 1. The van der Waals surface area contributed by atoms with Crippen molar-refractivity contribution < 1.29 is 9.21 Å². The number of anilines is 1. The quantitative estimate of drug-likeness (QED) is 0.681. The van der Waals surface area contributed by atoms with Crippen molar-refractivity contribution in [2.75, 3.05) is 5.32 Å². The Morgan fingerprint density at radius 2 is 1.95 bits per heavy atom. The molecule has 21 heavy (non-hydrogen) atoms. The first-order valence-corrected chi connectivity index (χ1v) is 7.58. The summed E-state index contributed by atoms with van der Waals surface area (Å²) < 4.78 is 6.68. The normalized spacial score (nSPS) is 17.6. The number of Topliss-reactive ketones (excluding diaryl/α,β-unsaturated/α-hetero) is 1. The third-order valence-corrected chi connectivity index (χ3v) is 4.31. The molecule has 2 aromatic carbocycles. The lowest BCUT2D eigenvalue weighted by Gasteiger charge is -2.23. The number of fused-ring (bicyclic) bond motifs is 3. The second-order valence-electron chi connectivity index (χ2n) is 5.18. The lowest BCUT2D eigenvalue weighted by atomic mass is 9.96.